The SMILES string of the molecule is CC(C)=CCOc1cc(O)cc2c1C(=O)OC2. The number of cyclic esters (lactones) is 1. The smallest absolute Gasteiger partial charge is 0.342 e. The van der Waals surface area contributed by atoms with Gasteiger partial charge in [-0.2, -0.15) is 0 Å². The van der Waals surface area contributed by atoms with E-state index in [4.69, 9.17) is 9.47 Å². The van der Waals surface area contributed by atoms with Crippen molar-refractivity contribution in [2.75, 3.05) is 6.61 Å². The summed E-state index contributed by atoms with van der Waals surface area (Å²) in [4.78, 5) is 11.5. The summed E-state index contributed by atoms with van der Waals surface area (Å²) < 4.78 is 10.4. The average molecular weight is 234 g/mol. The highest BCUT2D eigenvalue weighted by Gasteiger charge is 2.26. The molecular formula is C13H14O4. The second-order valence-electron chi connectivity index (χ2n) is 4.15. The largest absolute Gasteiger partial charge is 0.508 e. The molecule has 1 aromatic carbocycles. The zero-order chi connectivity index (χ0) is 12.4. The number of fused-ring (bicyclic) bond motifs is 1. The minimum absolute atomic E-state index is 0.0780. The summed E-state index contributed by atoms with van der Waals surface area (Å²) in [6.07, 6.45) is 1.90. The van der Waals surface area contributed by atoms with Crippen molar-refractivity contribution in [3.05, 3.63) is 34.9 Å². The molecule has 90 valence electrons. The van der Waals surface area contributed by atoms with Gasteiger partial charge in [-0.15, -0.1) is 0 Å². The number of benzene rings is 1. The van der Waals surface area contributed by atoms with Gasteiger partial charge in [-0.25, -0.2) is 4.79 Å². The Morgan fingerprint density at radius 2 is 2.29 bits per heavy atom. The third-order valence-electron chi connectivity index (χ3n) is 2.46. The van der Waals surface area contributed by atoms with Crippen molar-refractivity contribution in [1.82, 2.24) is 0 Å². The third kappa shape index (κ3) is 2.41. The second kappa shape index (κ2) is 4.49. The molecule has 1 aliphatic heterocycles. The summed E-state index contributed by atoms with van der Waals surface area (Å²) in [7, 11) is 0. The lowest BCUT2D eigenvalue weighted by molar-refractivity contribution is 0.0532. The Kier molecular flexibility index (Phi) is 3.04. The number of carbonyl (C=O) groups is 1. The molecule has 0 bridgehead atoms. The van der Waals surface area contributed by atoms with Crippen LogP contribution in [0.3, 0.4) is 0 Å². The van der Waals surface area contributed by atoms with Crippen molar-refractivity contribution in [3.8, 4) is 11.5 Å². The molecule has 4 heteroatoms. The van der Waals surface area contributed by atoms with Crippen LogP contribution in [0.5, 0.6) is 11.5 Å². The molecule has 1 N–H and O–H groups in total. The van der Waals surface area contributed by atoms with Gasteiger partial charge in [-0.1, -0.05) is 5.57 Å². The number of ether oxygens (including phenoxy) is 2. The van der Waals surface area contributed by atoms with E-state index >= 15 is 0 Å². The van der Waals surface area contributed by atoms with Gasteiger partial charge < -0.3 is 14.6 Å². The maximum absolute atomic E-state index is 11.5. The molecular weight excluding hydrogens is 220 g/mol. The molecule has 0 atom stereocenters. The zero-order valence-corrected chi connectivity index (χ0v) is 9.82. The third-order valence-corrected chi connectivity index (χ3v) is 2.46. The van der Waals surface area contributed by atoms with Crippen LogP contribution in [0, 0.1) is 0 Å². The summed E-state index contributed by atoms with van der Waals surface area (Å²) in [5.74, 6) is 0.0569. The highest BCUT2D eigenvalue weighted by atomic mass is 16.5. The normalized spacial score (nSPS) is 12.9. The number of rotatable bonds is 3. The van der Waals surface area contributed by atoms with Crippen LogP contribution in [0.2, 0.25) is 0 Å². The number of phenolic OH excluding ortho intramolecular Hbond substituents is 1. The van der Waals surface area contributed by atoms with Gasteiger partial charge in [-0.05, 0) is 26.0 Å². The van der Waals surface area contributed by atoms with Gasteiger partial charge in [0.05, 0.1) is 0 Å². The Balaban J connectivity index is 2.27. The molecule has 1 aliphatic rings. The summed E-state index contributed by atoms with van der Waals surface area (Å²) in [5.41, 5.74) is 2.22. The number of aromatic hydroxyl groups is 1. The molecule has 4 nitrogen and oxygen atoms in total. The lowest BCUT2D eigenvalue weighted by Crippen LogP contribution is -2.02. The lowest BCUT2D eigenvalue weighted by Gasteiger charge is -2.07. The molecule has 17 heavy (non-hydrogen) atoms. The van der Waals surface area contributed by atoms with Crippen molar-refractivity contribution >= 4 is 5.97 Å². The van der Waals surface area contributed by atoms with Gasteiger partial charge in [-0.3, -0.25) is 0 Å². The van der Waals surface area contributed by atoms with Crippen LogP contribution in [0.25, 0.3) is 0 Å². The fourth-order valence-electron chi connectivity index (χ4n) is 1.63. The molecule has 0 aromatic heterocycles. The average Bonchev–Trinajstić information content (AvgIpc) is 2.59. The summed E-state index contributed by atoms with van der Waals surface area (Å²) in [6, 6.07) is 2.96. The molecule has 0 spiro atoms. The second-order valence-corrected chi connectivity index (χ2v) is 4.15. The van der Waals surface area contributed by atoms with E-state index in [9.17, 15) is 9.90 Å². The Morgan fingerprint density at radius 1 is 1.53 bits per heavy atom. The van der Waals surface area contributed by atoms with E-state index in [0.717, 1.165) is 5.57 Å². The summed E-state index contributed by atoms with van der Waals surface area (Å²) >= 11 is 0. The molecule has 0 unspecified atom stereocenters. The van der Waals surface area contributed by atoms with Crippen LogP contribution in [-0.4, -0.2) is 17.7 Å². The fraction of sp³-hybridized carbons (Fsp3) is 0.308. The maximum atomic E-state index is 11.5. The minimum atomic E-state index is -0.396. The first-order valence-corrected chi connectivity index (χ1v) is 5.37. The van der Waals surface area contributed by atoms with E-state index in [1.54, 1.807) is 0 Å². The molecule has 0 radical (unpaired) electrons. The first kappa shape index (κ1) is 11.5. The van der Waals surface area contributed by atoms with E-state index in [1.165, 1.54) is 12.1 Å². The number of hydrogen-bond donors (Lipinski definition) is 1. The quantitative estimate of drug-likeness (QED) is 0.644. The highest BCUT2D eigenvalue weighted by Crippen LogP contribution is 2.33. The number of esters is 1. The molecule has 1 heterocycles. The minimum Gasteiger partial charge on any atom is -0.508 e. The summed E-state index contributed by atoms with van der Waals surface area (Å²) in [5, 5.41) is 9.51. The Bertz CT molecular complexity index is 484. The van der Waals surface area contributed by atoms with Crippen LogP contribution in [0.1, 0.15) is 29.8 Å². The molecule has 0 aliphatic carbocycles. The Morgan fingerprint density at radius 3 is 3.00 bits per heavy atom. The molecule has 0 saturated carbocycles. The molecule has 0 fully saturated rings. The zero-order valence-electron chi connectivity index (χ0n) is 9.82. The van der Waals surface area contributed by atoms with Crippen LogP contribution in [0.4, 0.5) is 0 Å². The van der Waals surface area contributed by atoms with Gasteiger partial charge in [0.25, 0.3) is 0 Å². The van der Waals surface area contributed by atoms with Gasteiger partial charge in [0.1, 0.15) is 30.3 Å². The maximum Gasteiger partial charge on any atom is 0.342 e. The van der Waals surface area contributed by atoms with Gasteiger partial charge in [0.2, 0.25) is 0 Å². The fourth-order valence-corrected chi connectivity index (χ4v) is 1.63. The van der Waals surface area contributed by atoms with E-state index in [-0.39, 0.29) is 12.4 Å². The van der Waals surface area contributed by atoms with E-state index in [1.807, 2.05) is 19.9 Å². The highest BCUT2D eigenvalue weighted by molar-refractivity contribution is 5.96. The van der Waals surface area contributed by atoms with E-state index in [0.29, 0.717) is 23.5 Å². The lowest BCUT2D eigenvalue weighted by atomic mass is 10.1. The summed E-state index contributed by atoms with van der Waals surface area (Å²) in [6.45, 7) is 4.49. The molecule has 1 aromatic rings. The van der Waals surface area contributed by atoms with Gasteiger partial charge >= 0.3 is 5.97 Å². The van der Waals surface area contributed by atoms with Crippen LogP contribution < -0.4 is 4.74 Å². The van der Waals surface area contributed by atoms with Crippen molar-refractivity contribution in [3.63, 3.8) is 0 Å². The molecule has 2 rings (SSSR count). The van der Waals surface area contributed by atoms with E-state index in [2.05, 4.69) is 0 Å². The first-order chi connectivity index (χ1) is 8.08. The van der Waals surface area contributed by atoms with Crippen LogP contribution >= 0.6 is 0 Å². The predicted molar refractivity (Wildman–Crippen MR) is 62.2 cm³/mol. The monoisotopic (exact) mass is 234 g/mol. The first-order valence-electron chi connectivity index (χ1n) is 5.37. The topological polar surface area (TPSA) is 55.8 Å². The van der Waals surface area contributed by atoms with Crippen LogP contribution in [0.15, 0.2) is 23.8 Å². The van der Waals surface area contributed by atoms with Crippen LogP contribution in [-0.2, 0) is 11.3 Å². The number of allylic oxidation sites excluding steroid dienone is 1. The van der Waals surface area contributed by atoms with Crippen molar-refractivity contribution in [2.24, 2.45) is 0 Å². The Hall–Kier alpha value is -1.97. The van der Waals surface area contributed by atoms with Crippen molar-refractivity contribution in [2.45, 2.75) is 20.5 Å². The number of phenols is 1. The van der Waals surface area contributed by atoms with Crippen molar-refractivity contribution in [1.29, 1.82) is 0 Å². The number of hydrogen-bond acceptors (Lipinski definition) is 4. The van der Waals surface area contributed by atoms with Gasteiger partial charge in [0.15, 0.2) is 0 Å². The number of carbonyl (C=O) groups excluding carboxylic acids is 1. The van der Waals surface area contributed by atoms with E-state index < -0.39 is 5.97 Å². The van der Waals surface area contributed by atoms with Gasteiger partial charge in [0, 0.05) is 11.6 Å². The molecule has 0 saturated heterocycles. The molecule has 0 amide bonds. The standard InChI is InChI=1S/C13H14O4/c1-8(2)3-4-16-11-6-10(14)5-9-7-17-13(15)12(9)11/h3,5-6,14H,4,7H2,1-2H3. The van der Waals surface area contributed by atoms with Crippen molar-refractivity contribution < 1.29 is 19.4 Å². The Labute approximate surface area is 99.5 Å². The predicted octanol–water partition coefficient (Wildman–Crippen LogP) is 2.41.